The predicted octanol–water partition coefficient (Wildman–Crippen LogP) is 5.50. The molecular weight excluding hydrogens is 429 g/mol. The molecule has 0 saturated heterocycles. The topological polar surface area (TPSA) is 34.5 Å². The van der Waals surface area contributed by atoms with Crippen LogP contribution in [0.5, 0.6) is 0 Å². The molecule has 0 aliphatic carbocycles. The minimum absolute atomic E-state index is 0.192. The first-order valence-electron chi connectivity index (χ1n) is 9.62. The Hall–Kier alpha value is -2.77. The summed E-state index contributed by atoms with van der Waals surface area (Å²) in [5, 5.41) is 0.644. The lowest BCUT2D eigenvalue weighted by molar-refractivity contribution is -0.137. The quantitative estimate of drug-likeness (QED) is 0.454. The summed E-state index contributed by atoms with van der Waals surface area (Å²) in [6, 6.07) is 15.6. The van der Waals surface area contributed by atoms with Gasteiger partial charge in [-0.25, -0.2) is 0 Å². The summed E-state index contributed by atoms with van der Waals surface area (Å²) in [6.07, 6.45) is -2.54. The van der Waals surface area contributed by atoms with Gasteiger partial charge in [0.15, 0.2) is 0 Å². The van der Waals surface area contributed by atoms with E-state index in [9.17, 15) is 18.0 Å². The van der Waals surface area contributed by atoms with Crippen LogP contribution in [0.3, 0.4) is 0 Å². The molecule has 3 aromatic rings. The summed E-state index contributed by atoms with van der Waals surface area (Å²) < 4.78 is 45.6. The summed E-state index contributed by atoms with van der Waals surface area (Å²) in [7, 11) is 1.53. The number of benzene rings is 2. The van der Waals surface area contributed by atoms with Crippen LogP contribution in [-0.2, 0) is 24.0 Å². The molecule has 164 valence electrons. The van der Waals surface area contributed by atoms with Crippen molar-refractivity contribution in [1.82, 2.24) is 9.47 Å². The number of rotatable bonds is 8. The predicted molar refractivity (Wildman–Crippen MR) is 113 cm³/mol. The maximum Gasteiger partial charge on any atom is 0.416 e. The summed E-state index contributed by atoms with van der Waals surface area (Å²) in [6.45, 7) is 1.48. The van der Waals surface area contributed by atoms with Crippen LogP contribution in [-0.4, -0.2) is 35.6 Å². The van der Waals surface area contributed by atoms with Crippen LogP contribution in [0.15, 0.2) is 66.9 Å². The van der Waals surface area contributed by atoms with Gasteiger partial charge in [-0.1, -0.05) is 23.7 Å². The van der Waals surface area contributed by atoms with Crippen LogP contribution in [0.4, 0.5) is 13.2 Å². The van der Waals surface area contributed by atoms with Crippen molar-refractivity contribution in [3.05, 3.63) is 94.3 Å². The average molecular weight is 451 g/mol. The SMILES string of the molecule is COCCN(Cc1cccn1Cc1cccc(Cl)c1)C(=O)c1ccc(C(F)(F)F)cc1. The van der Waals surface area contributed by atoms with Crippen molar-refractivity contribution in [2.24, 2.45) is 0 Å². The molecule has 2 aromatic carbocycles. The molecule has 31 heavy (non-hydrogen) atoms. The number of halogens is 4. The zero-order valence-corrected chi connectivity index (χ0v) is 17.7. The molecule has 3 rings (SSSR count). The molecule has 0 aliphatic rings. The van der Waals surface area contributed by atoms with Gasteiger partial charge in [0, 0.05) is 42.7 Å². The van der Waals surface area contributed by atoms with Crippen LogP contribution in [0.2, 0.25) is 5.02 Å². The number of nitrogens with zero attached hydrogens (tertiary/aromatic N) is 2. The number of ether oxygens (including phenoxy) is 1. The maximum atomic E-state index is 13.0. The second kappa shape index (κ2) is 10.0. The van der Waals surface area contributed by atoms with Gasteiger partial charge in [0.1, 0.15) is 0 Å². The highest BCUT2D eigenvalue weighted by Gasteiger charge is 2.30. The smallest absolute Gasteiger partial charge is 0.383 e. The number of amides is 1. The number of methoxy groups -OCH3 is 1. The van der Waals surface area contributed by atoms with Gasteiger partial charge in [-0.3, -0.25) is 4.79 Å². The van der Waals surface area contributed by atoms with E-state index in [1.807, 2.05) is 41.1 Å². The summed E-state index contributed by atoms with van der Waals surface area (Å²) in [4.78, 5) is 14.6. The molecule has 0 unspecified atom stereocenters. The lowest BCUT2D eigenvalue weighted by Crippen LogP contribution is -2.34. The molecule has 0 saturated carbocycles. The third kappa shape index (κ3) is 6.12. The normalized spacial score (nSPS) is 11.5. The molecule has 8 heteroatoms. The van der Waals surface area contributed by atoms with E-state index in [0.29, 0.717) is 24.7 Å². The molecule has 0 radical (unpaired) electrons. The Kier molecular flexibility index (Phi) is 7.41. The fourth-order valence-corrected chi connectivity index (χ4v) is 3.43. The average Bonchev–Trinajstić information content (AvgIpc) is 3.16. The van der Waals surface area contributed by atoms with E-state index in [-0.39, 0.29) is 18.0 Å². The Morgan fingerprint density at radius 3 is 2.48 bits per heavy atom. The monoisotopic (exact) mass is 450 g/mol. The van der Waals surface area contributed by atoms with Gasteiger partial charge >= 0.3 is 6.18 Å². The summed E-state index contributed by atoms with van der Waals surface area (Å²) in [5.41, 5.74) is 1.30. The van der Waals surface area contributed by atoms with Crippen LogP contribution in [0, 0.1) is 0 Å². The third-order valence-electron chi connectivity index (χ3n) is 4.83. The van der Waals surface area contributed by atoms with E-state index >= 15 is 0 Å². The van der Waals surface area contributed by atoms with Gasteiger partial charge < -0.3 is 14.2 Å². The van der Waals surface area contributed by atoms with Crippen LogP contribution in [0.1, 0.15) is 27.2 Å². The Labute approximate surface area is 183 Å². The Morgan fingerprint density at radius 2 is 1.84 bits per heavy atom. The molecule has 1 aromatic heterocycles. The summed E-state index contributed by atoms with van der Waals surface area (Å²) >= 11 is 6.07. The third-order valence-corrected chi connectivity index (χ3v) is 5.07. The van der Waals surface area contributed by atoms with E-state index in [4.69, 9.17) is 16.3 Å². The fraction of sp³-hybridized carbons (Fsp3) is 0.261. The van der Waals surface area contributed by atoms with E-state index in [1.54, 1.807) is 11.0 Å². The molecule has 0 aliphatic heterocycles. The first-order valence-corrected chi connectivity index (χ1v) is 9.99. The zero-order chi connectivity index (χ0) is 22.4. The van der Waals surface area contributed by atoms with E-state index in [0.717, 1.165) is 23.4 Å². The standard InChI is InChI=1S/C23H22ClF3N2O2/c1-31-13-12-29(22(30)18-7-9-19(10-8-18)23(25,26)27)16-21-6-3-11-28(21)15-17-4-2-5-20(24)14-17/h2-11,14H,12-13,15-16H2,1H3. The van der Waals surface area contributed by atoms with Crippen molar-refractivity contribution < 1.29 is 22.7 Å². The molecule has 0 spiro atoms. The number of aromatic nitrogens is 1. The molecule has 0 fully saturated rings. The Bertz CT molecular complexity index is 1020. The Morgan fingerprint density at radius 1 is 1.10 bits per heavy atom. The number of carbonyl (C=O) groups excluding carboxylic acids is 1. The zero-order valence-electron chi connectivity index (χ0n) is 16.9. The van der Waals surface area contributed by atoms with Crippen molar-refractivity contribution in [2.45, 2.75) is 19.3 Å². The largest absolute Gasteiger partial charge is 0.416 e. The fourth-order valence-electron chi connectivity index (χ4n) is 3.21. The molecule has 4 nitrogen and oxygen atoms in total. The number of carbonyl (C=O) groups is 1. The minimum Gasteiger partial charge on any atom is -0.383 e. The van der Waals surface area contributed by atoms with Crippen molar-refractivity contribution in [3.63, 3.8) is 0 Å². The van der Waals surface area contributed by atoms with Crippen molar-refractivity contribution in [2.75, 3.05) is 20.3 Å². The second-order valence-corrected chi connectivity index (χ2v) is 7.49. The van der Waals surface area contributed by atoms with Crippen molar-refractivity contribution in [3.8, 4) is 0 Å². The van der Waals surface area contributed by atoms with E-state index < -0.39 is 11.7 Å². The highest BCUT2D eigenvalue weighted by molar-refractivity contribution is 6.30. The lowest BCUT2D eigenvalue weighted by atomic mass is 10.1. The van der Waals surface area contributed by atoms with Gasteiger partial charge in [-0.05, 0) is 54.1 Å². The molecule has 0 atom stereocenters. The maximum absolute atomic E-state index is 13.0. The number of alkyl halides is 3. The van der Waals surface area contributed by atoms with E-state index in [1.165, 1.54) is 19.2 Å². The van der Waals surface area contributed by atoms with Crippen molar-refractivity contribution >= 4 is 17.5 Å². The highest BCUT2D eigenvalue weighted by Crippen LogP contribution is 2.29. The van der Waals surface area contributed by atoms with E-state index in [2.05, 4.69) is 0 Å². The Balaban J connectivity index is 1.79. The summed E-state index contributed by atoms with van der Waals surface area (Å²) in [5.74, 6) is -0.360. The van der Waals surface area contributed by atoms with Gasteiger partial charge in [0.25, 0.3) is 5.91 Å². The second-order valence-electron chi connectivity index (χ2n) is 7.05. The molecule has 1 amide bonds. The van der Waals surface area contributed by atoms with Crippen molar-refractivity contribution in [1.29, 1.82) is 0 Å². The first-order chi connectivity index (χ1) is 14.8. The number of hydrogen-bond acceptors (Lipinski definition) is 2. The molecule has 0 bridgehead atoms. The molecule has 0 N–H and O–H groups in total. The van der Waals surface area contributed by atoms with Gasteiger partial charge in [0.2, 0.25) is 0 Å². The van der Waals surface area contributed by atoms with Crippen LogP contribution >= 0.6 is 11.6 Å². The number of hydrogen-bond donors (Lipinski definition) is 0. The van der Waals surface area contributed by atoms with Crippen LogP contribution in [0.25, 0.3) is 0 Å². The van der Waals surface area contributed by atoms with Gasteiger partial charge in [0.05, 0.1) is 18.7 Å². The molecule has 1 heterocycles. The minimum atomic E-state index is -4.45. The van der Waals surface area contributed by atoms with Gasteiger partial charge in [-0.2, -0.15) is 13.2 Å². The lowest BCUT2D eigenvalue weighted by Gasteiger charge is -2.24. The highest BCUT2D eigenvalue weighted by atomic mass is 35.5. The molecular formula is C23H22ClF3N2O2. The van der Waals surface area contributed by atoms with Gasteiger partial charge in [-0.15, -0.1) is 0 Å². The van der Waals surface area contributed by atoms with Crippen LogP contribution < -0.4 is 0 Å². The first kappa shape index (κ1) is 22.9.